The molecule has 0 spiro atoms. The maximum absolute atomic E-state index is 13.4. The largest absolute Gasteiger partial charge is 0.380 e. The fourth-order valence-electron chi connectivity index (χ4n) is 2.29. The summed E-state index contributed by atoms with van der Waals surface area (Å²) in [6, 6.07) is 6.60. The Morgan fingerprint density at radius 3 is 2.24 bits per heavy atom. The summed E-state index contributed by atoms with van der Waals surface area (Å²) in [5.74, 6) is -0.236. The SMILES string of the molecule is CCOCCN(CCOCC)C(CN)c1cccc(F)c1. The van der Waals surface area contributed by atoms with E-state index in [2.05, 4.69) is 4.90 Å². The quantitative estimate of drug-likeness (QED) is 0.636. The summed E-state index contributed by atoms with van der Waals surface area (Å²) in [6.45, 7) is 8.51. The van der Waals surface area contributed by atoms with Gasteiger partial charge in [-0.05, 0) is 31.5 Å². The Morgan fingerprint density at radius 1 is 1.14 bits per heavy atom. The zero-order valence-corrected chi connectivity index (χ0v) is 13.1. The highest BCUT2D eigenvalue weighted by molar-refractivity contribution is 5.20. The van der Waals surface area contributed by atoms with Gasteiger partial charge in [0.15, 0.2) is 0 Å². The highest BCUT2D eigenvalue weighted by atomic mass is 19.1. The van der Waals surface area contributed by atoms with Crippen LogP contribution >= 0.6 is 0 Å². The number of nitrogens with two attached hydrogens (primary N) is 1. The first-order valence-electron chi connectivity index (χ1n) is 7.58. The molecule has 0 fully saturated rings. The molecule has 0 saturated heterocycles. The van der Waals surface area contributed by atoms with Crippen molar-refractivity contribution in [1.82, 2.24) is 4.90 Å². The van der Waals surface area contributed by atoms with Gasteiger partial charge in [-0.15, -0.1) is 0 Å². The molecule has 21 heavy (non-hydrogen) atoms. The molecule has 0 radical (unpaired) electrons. The lowest BCUT2D eigenvalue weighted by molar-refractivity contribution is 0.0640. The van der Waals surface area contributed by atoms with Crippen LogP contribution < -0.4 is 5.73 Å². The van der Waals surface area contributed by atoms with E-state index in [0.717, 1.165) is 18.7 Å². The molecule has 2 N–H and O–H groups in total. The van der Waals surface area contributed by atoms with Crippen LogP contribution in [0.2, 0.25) is 0 Å². The third kappa shape index (κ3) is 6.52. The Kier molecular flexibility index (Phi) is 9.17. The van der Waals surface area contributed by atoms with E-state index in [-0.39, 0.29) is 11.9 Å². The normalized spacial score (nSPS) is 12.8. The van der Waals surface area contributed by atoms with Gasteiger partial charge in [0.25, 0.3) is 0 Å². The number of halogens is 1. The molecule has 0 saturated carbocycles. The number of rotatable bonds is 11. The highest BCUT2D eigenvalue weighted by Gasteiger charge is 2.19. The molecular weight excluding hydrogens is 271 g/mol. The van der Waals surface area contributed by atoms with Crippen molar-refractivity contribution in [3.05, 3.63) is 35.6 Å². The first-order valence-corrected chi connectivity index (χ1v) is 7.58. The number of ether oxygens (including phenoxy) is 2. The molecule has 5 heteroatoms. The van der Waals surface area contributed by atoms with Crippen molar-refractivity contribution in [2.75, 3.05) is 46.1 Å². The molecule has 0 aliphatic rings. The standard InChI is InChI=1S/C16H27FN2O2/c1-3-20-10-8-19(9-11-21-4-2)16(13-18)14-6-5-7-15(17)12-14/h5-7,12,16H,3-4,8-11,13,18H2,1-2H3. The summed E-state index contributed by atoms with van der Waals surface area (Å²) in [5.41, 5.74) is 6.81. The van der Waals surface area contributed by atoms with Crippen LogP contribution in [0, 0.1) is 5.82 Å². The lowest BCUT2D eigenvalue weighted by atomic mass is 10.1. The summed E-state index contributed by atoms with van der Waals surface area (Å²) >= 11 is 0. The molecule has 1 rings (SSSR count). The van der Waals surface area contributed by atoms with E-state index >= 15 is 0 Å². The van der Waals surface area contributed by atoms with Gasteiger partial charge in [0.1, 0.15) is 5.82 Å². The average Bonchev–Trinajstić information content (AvgIpc) is 2.48. The number of benzene rings is 1. The molecule has 1 aromatic rings. The third-order valence-corrected chi connectivity index (χ3v) is 3.35. The zero-order valence-electron chi connectivity index (χ0n) is 13.1. The van der Waals surface area contributed by atoms with Gasteiger partial charge in [-0.2, -0.15) is 0 Å². The van der Waals surface area contributed by atoms with E-state index in [1.807, 2.05) is 19.9 Å². The maximum Gasteiger partial charge on any atom is 0.123 e. The van der Waals surface area contributed by atoms with Gasteiger partial charge in [0, 0.05) is 38.9 Å². The molecule has 4 nitrogen and oxygen atoms in total. The molecule has 120 valence electrons. The van der Waals surface area contributed by atoms with Crippen molar-refractivity contribution in [2.24, 2.45) is 5.73 Å². The van der Waals surface area contributed by atoms with Crippen LogP contribution in [0.25, 0.3) is 0 Å². The van der Waals surface area contributed by atoms with Gasteiger partial charge < -0.3 is 15.2 Å². The van der Waals surface area contributed by atoms with Crippen LogP contribution in [-0.4, -0.2) is 51.0 Å². The summed E-state index contributed by atoms with van der Waals surface area (Å²) in [4.78, 5) is 2.19. The molecule has 0 heterocycles. The Labute approximate surface area is 127 Å². The minimum atomic E-state index is -0.236. The molecule has 0 aliphatic heterocycles. The number of hydrogen-bond acceptors (Lipinski definition) is 4. The van der Waals surface area contributed by atoms with Gasteiger partial charge in [-0.3, -0.25) is 4.90 Å². The molecule has 0 aromatic heterocycles. The molecule has 1 unspecified atom stereocenters. The van der Waals surface area contributed by atoms with E-state index in [0.29, 0.717) is 33.0 Å². The smallest absolute Gasteiger partial charge is 0.123 e. The minimum Gasteiger partial charge on any atom is -0.380 e. The van der Waals surface area contributed by atoms with Crippen LogP contribution in [0.5, 0.6) is 0 Å². The molecule has 0 amide bonds. The second-order valence-electron chi connectivity index (χ2n) is 4.74. The predicted molar refractivity (Wildman–Crippen MR) is 82.8 cm³/mol. The van der Waals surface area contributed by atoms with Gasteiger partial charge in [-0.25, -0.2) is 4.39 Å². The summed E-state index contributed by atoms with van der Waals surface area (Å²) < 4.78 is 24.3. The van der Waals surface area contributed by atoms with E-state index in [9.17, 15) is 4.39 Å². The lowest BCUT2D eigenvalue weighted by Gasteiger charge is -2.31. The van der Waals surface area contributed by atoms with Crippen LogP contribution in [0.3, 0.4) is 0 Å². The maximum atomic E-state index is 13.4. The first-order chi connectivity index (χ1) is 10.2. The van der Waals surface area contributed by atoms with Crippen LogP contribution in [0.15, 0.2) is 24.3 Å². The van der Waals surface area contributed by atoms with E-state index < -0.39 is 0 Å². The van der Waals surface area contributed by atoms with Crippen molar-refractivity contribution in [3.8, 4) is 0 Å². The van der Waals surface area contributed by atoms with E-state index in [1.54, 1.807) is 12.1 Å². The Hall–Kier alpha value is -1.01. The predicted octanol–water partition coefficient (Wildman–Crippen LogP) is 2.20. The van der Waals surface area contributed by atoms with E-state index in [4.69, 9.17) is 15.2 Å². The van der Waals surface area contributed by atoms with Crippen molar-refractivity contribution in [3.63, 3.8) is 0 Å². The van der Waals surface area contributed by atoms with Crippen LogP contribution in [-0.2, 0) is 9.47 Å². The first kappa shape index (κ1) is 18.0. The molecule has 0 aliphatic carbocycles. The average molecular weight is 298 g/mol. The second-order valence-corrected chi connectivity index (χ2v) is 4.74. The molecule has 1 aromatic carbocycles. The van der Waals surface area contributed by atoms with Gasteiger partial charge in [-0.1, -0.05) is 12.1 Å². The van der Waals surface area contributed by atoms with Gasteiger partial charge >= 0.3 is 0 Å². The highest BCUT2D eigenvalue weighted by Crippen LogP contribution is 2.20. The Bertz CT molecular complexity index is 380. The summed E-state index contributed by atoms with van der Waals surface area (Å²) in [5, 5.41) is 0. The summed E-state index contributed by atoms with van der Waals surface area (Å²) in [6.07, 6.45) is 0. The van der Waals surface area contributed by atoms with Crippen molar-refractivity contribution in [1.29, 1.82) is 0 Å². The van der Waals surface area contributed by atoms with Crippen molar-refractivity contribution < 1.29 is 13.9 Å². The fourth-order valence-corrected chi connectivity index (χ4v) is 2.29. The zero-order chi connectivity index (χ0) is 15.5. The van der Waals surface area contributed by atoms with Crippen LogP contribution in [0.1, 0.15) is 25.5 Å². The van der Waals surface area contributed by atoms with Gasteiger partial charge in [0.05, 0.1) is 13.2 Å². The fraction of sp³-hybridized carbons (Fsp3) is 0.625. The monoisotopic (exact) mass is 298 g/mol. The summed E-state index contributed by atoms with van der Waals surface area (Å²) in [7, 11) is 0. The van der Waals surface area contributed by atoms with Gasteiger partial charge in [0.2, 0.25) is 0 Å². The Morgan fingerprint density at radius 2 is 1.76 bits per heavy atom. The minimum absolute atomic E-state index is 0.0263. The van der Waals surface area contributed by atoms with E-state index in [1.165, 1.54) is 6.07 Å². The number of nitrogens with zero attached hydrogens (tertiary/aromatic N) is 1. The second kappa shape index (κ2) is 10.7. The van der Waals surface area contributed by atoms with Crippen molar-refractivity contribution in [2.45, 2.75) is 19.9 Å². The molecular formula is C16H27FN2O2. The van der Waals surface area contributed by atoms with Crippen LogP contribution in [0.4, 0.5) is 4.39 Å². The Balaban J connectivity index is 2.75. The molecule has 0 bridgehead atoms. The topological polar surface area (TPSA) is 47.7 Å². The lowest BCUT2D eigenvalue weighted by Crippen LogP contribution is -2.38. The van der Waals surface area contributed by atoms with Crippen molar-refractivity contribution >= 4 is 0 Å². The third-order valence-electron chi connectivity index (χ3n) is 3.35. The molecule has 1 atom stereocenters. The number of hydrogen-bond donors (Lipinski definition) is 1.